The summed E-state index contributed by atoms with van der Waals surface area (Å²) in [5, 5.41) is 9.14. The monoisotopic (exact) mass is 289 g/mol. The molecule has 0 saturated carbocycles. The summed E-state index contributed by atoms with van der Waals surface area (Å²) in [6, 6.07) is 7.18. The molecule has 1 aliphatic heterocycles. The van der Waals surface area contributed by atoms with Crippen LogP contribution in [0.5, 0.6) is 5.75 Å². The largest absolute Gasteiger partial charge is 0.496 e. The van der Waals surface area contributed by atoms with Crippen molar-refractivity contribution in [1.29, 1.82) is 0 Å². The number of piperidine rings is 1. The van der Waals surface area contributed by atoms with Gasteiger partial charge in [0.25, 0.3) is 0 Å². The molecule has 3 rings (SSSR count). The molecule has 3 nitrogen and oxygen atoms in total. The van der Waals surface area contributed by atoms with Crippen molar-refractivity contribution in [3.63, 3.8) is 0 Å². The third kappa shape index (κ3) is 2.82. The number of hydrogen-bond donors (Lipinski definition) is 1. The van der Waals surface area contributed by atoms with Crippen molar-refractivity contribution in [2.45, 2.75) is 44.6 Å². The summed E-state index contributed by atoms with van der Waals surface area (Å²) >= 11 is 0. The SMILES string of the molecule is COc1cccc2c1CCC1C2CC(C)CN1CCCO. The van der Waals surface area contributed by atoms with E-state index < -0.39 is 0 Å². The summed E-state index contributed by atoms with van der Waals surface area (Å²) in [6.45, 7) is 4.87. The fourth-order valence-electron chi connectivity index (χ4n) is 4.39. The van der Waals surface area contributed by atoms with Gasteiger partial charge < -0.3 is 9.84 Å². The topological polar surface area (TPSA) is 32.7 Å². The van der Waals surface area contributed by atoms with Crippen LogP contribution in [0.15, 0.2) is 18.2 Å². The molecule has 1 saturated heterocycles. The Bertz CT molecular complexity index is 488. The number of likely N-dealkylation sites (tertiary alicyclic amines) is 1. The Morgan fingerprint density at radius 2 is 2.24 bits per heavy atom. The van der Waals surface area contributed by atoms with Crippen LogP contribution in [0.2, 0.25) is 0 Å². The van der Waals surface area contributed by atoms with Crippen molar-refractivity contribution >= 4 is 0 Å². The molecule has 0 aromatic heterocycles. The summed E-state index contributed by atoms with van der Waals surface area (Å²) in [7, 11) is 1.78. The molecule has 116 valence electrons. The van der Waals surface area contributed by atoms with Gasteiger partial charge in [-0.05, 0) is 48.8 Å². The fourth-order valence-corrected chi connectivity index (χ4v) is 4.39. The van der Waals surface area contributed by atoms with E-state index >= 15 is 0 Å². The second-order valence-corrected chi connectivity index (χ2v) is 6.65. The maximum atomic E-state index is 9.14. The first-order valence-corrected chi connectivity index (χ1v) is 8.25. The summed E-state index contributed by atoms with van der Waals surface area (Å²) in [5.41, 5.74) is 2.93. The van der Waals surface area contributed by atoms with Crippen LogP contribution in [0.25, 0.3) is 0 Å². The Balaban J connectivity index is 1.89. The second-order valence-electron chi connectivity index (χ2n) is 6.65. The predicted molar refractivity (Wildman–Crippen MR) is 84.9 cm³/mol. The summed E-state index contributed by atoms with van der Waals surface area (Å²) in [4.78, 5) is 2.62. The lowest BCUT2D eigenvalue weighted by Gasteiger charge is -2.47. The van der Waals surface area contributed by atoms with E-state index in [4.69, 9.17) is 9.84 Å². The molecule has 3 heteroatoms. The molecule has 1 aromatic carbocycles. The number of rotatable bonds is 4. The number of aliphatic hydroxyl groups is 1. The van der Waals surface area contributed by atoms with Crippen LogP contribution in [0.1, 0.15) is 43.2 Å². The van der Waals surface area contributed by atoms with Crippen molar-refractivity contribution in [1.82, 2.24) is 4.90 Å². The lowest BCUT2D eigenvalue weighted by atomic mass is 9.71. The van der Waals surface area contributed by atoms with E-state index in [-0.39, 0.29) is 0 Å². The minimum atomic E-state index is 0.298. The molecule has 0 spiro atoms. The van der Waals surface area contributed by atoms with E-state index in [2.05, 4.69) is 30.0 Å². The number of methoxy groups -OCH3 is 1. The van der Waals surface area contributed by atoms with Gasteiger partial charge in [-0.3, -0.25) is 4.90 Å². The number of fused-ring (bicyclic) bond motifs is 3. The molecule has 1 aliphatic carbocycles. The highest BCUT2D eigenvalue weighted by molar-refractivity contribution is 5.45. The standard InChI is InChI=1S/C18H27NO2/c1-13-11-16-14-5-3-6-18(21-2)15(14)7-8-17(16)19(12-13)9-4-10-20/h3,5-6,13,16-17,20H,4,7-12H2,1-2H3. The van der Waals surface area contributed by atoms with E-state index in [9.17, 15) is 0 Å². The Morgan fingerprint density at radius 1 is 1.38 bits per heavy atom. The van der Waals surface area contributed by atoms with Gasteiger partial charge >= 0.3 is 0 Å². The van der Waals surface area contributed by atoms with Gasteiger partial charge in [-0.25, -0.2) is 0 Å². The third-order valence-electron chi connectivity index (χ3n) is 5.22. The molecule has 1 aromatic rings. The fraction of sp³-hybridized carbons (Fsp3) is 0.667. The summed E-state index contributed by atoms with van der Waals surface area (Å²) in [5.74, 6) is 2.42. The highest BCUT2D eigenvalue weighted by Crippen LogP contribution is 2.44. The minimum Gasteiger partial charge on any atom is -0.496 e. The first-order valence-electron chi connectivity index (χ1n) is 8.25. The lowest BCUT2D eigenvalue weighted by Crippen LogP contribution is -2.49. The Hall–Kier alpha value is -1.06. The van der Waals surface area contributed by atoms with Crippen LogP contribution in [0.3, 0.4) is 0 Å². The van der Waals surface area contributed by atoms with E-state index in [1.807, 2.05) is 0 Å². The number of nitrogens with zero attached hydrogens (tertiary/aromatic N) is 1. The molecule has 3 atom stereocenters. The van der Waals surface area contributed by atoms with Gasteiger partial charge in [-0.1, -0.05) is 19.1 Å². The molecule has 0 amide bonds. The average Bonchev–Trinajstić information content (AvgIpc) is 2.51. The molecule has 2 aliphatic rings. The highest BCUT2D eigenvalue weighted by atomic mass is 16.5. The average molecular weight is 289 g/mol. The second kappa shape index (κ2) is 6.37. The maximum Gasteiger partial charge on any atom is 0.122 e. The van der Waals surface area contributed by atoms with Crippen molar-refractivity contribution < 1.29 is 9.84 Å². The van der Waals surface area contributed by atoms with Gasteiger partial charge in [0, 0.05) is 31.7 Å². The van der Waals surface area contributed by atoms with Gasteiger partial charge in [-0.15, -0.1) is 0 Å². The first-order chi connectivity index (χ1) is 10.2. The third-order valence-corrected chi connectivity index (χ3v) is 5.22. The summed E-state index contributed by atoms with van der Waals surface area (Å²) < 4.78 is 5.56. The van der Waals surface area contributed by atoms with Crippen molar-refractivity contribution in [2.24, 2.45) is 5.92 Å². The van der Waals surface area contributed by atoms with Gasteiger partial charge in [0.2, 0.25) is 0 Å². The van der Waals surface area contributed by atoms with Crippen molar-refractivity contribution in [3.8, 4) is 5.75 Å². The smallest absolute Gasteiger partial charge is 0.122 e. The minimum absolute atomic E-state index is 0.298. The van der Waals surface area contributed by atoms with E-state index in [1.165, 1.54) is 30.5 Å². The number of aliphatic hydroxyl groups excluding tert-OH is 1. The molecule has 21 heavy (non-hydrogen) atoms. The molecule has 0 bridgehead atoms. The van der Waals surface area contributed by atoms with Crippen molar-refractivity contribution in [3.05, 3.63) is 29.3 Å². The van der Waals surface area contributed by atoms with E-state index in [1.54, 1.807) is 7.11 Å². The van der Waals surface area contributed by atoms with E-state index in [0.29, 0.717) is 18.6 Å². The van der Waals surface area contributed by atoms with E-state index in [0.717, 1.165) is 31.1 Å². The van der Waals surface area contributed by atoms with Crippen LogP contribution >= 0.6 is 0 Å². The van der Waals surface area contributed by atoms with Crippen LogP contribution in [-0.2, 0) is 6.42 Å². The number of benzene rings is 1. The zero-order chi connectivity index (χ0) is 14.8. The highest BCUT2D eigenvalue weighted by Gasteiger charge is 2.39. The first kappa shape index (κ1) is 14.9. The van der Waals surface area contributed by atoms with Crippen LogP contribution < -0.4 is 4.74 Å². The Labute approximate surface area is 127 Å². The maximum absolute atomic E-state index is 9.14. The zero-order valence-electron chi connectivity index (χ0n) is 13.2. The number of hydrogen-bond acceptors (Lipinski definition) is 3. The Morgan fingerprint density at radius 3 is 3.00 bits per heavy atom. The number of ether oxygens (including phenoxy) is 1. The van der Waals surface area contributed by atoms with Gasteiger partial charge in [0.1, 0.15) is 5.75 Å². The van der Waals surface area contributed by atoms with Gasteiger partial charge in [-0.2, -0.15) is 0 Å². The predicted octanol–water partition coefficient (Wildman–Crippen LogP) is 2.82. The zero-order valence-corrected chi connectivity index (χ0v) is 13.2. The van der Waals surface area contributed by atoms with Crippen LogP contribution in [0, 0.1) is 5.92 Å². The van der Waals surface area contributed by atoms with Gasteiger partial charge in [0.15, 0.2) is 0 Å². The molecule has 1 fully saturated rings. The van der Waals surface area contributed by atoms with Crippen LogP contribution in [-0.4, -0.2) is 42.9 Å². The molecular formula is C18H27NO2. The van der Waals surface area contributed by atoms with Crippen molar-refractivity contribution in [2.75, 3.05) is 26.8 Å². The Kier molecular flexibility index (Phi) is 4.51. The molecular weight excluding hydrogens is 262 g/mol. The van der Waals surface area contributed by atoms with Crippen LogP contribution in [0.4, 0.5) is 0 Å². The van der Waals surface area contributed by atoms with Gasteiger partial charge in [0.05, 0.1) is 7.11 Å². The molecule has 3 unspecified atom stereocenters. The molecule has 1 heterocycles. The lowest BCUT2D eigenvalue weighted by molar-refractivity contribution is 0.0742. The molecule has 0 radical (unpaired) electrons. The normalized spacial score (nSPS) is 28.8. The quantitative estimate of drug-likeness (QED) is 0.925. The molecule has 1 N–H and O–H groups in total. The summed E-state index contributed by atoms with van der Waals surface area (Å²) in [6.07, 6.45) is 4.50.